The average Bonchev–Trinajstić information content (AvgIpc) is 2.68. The largest absolute Gasteiger partial charge is 0.496 e. The quantitative estimate of drug-likeness (QED) is 0.852. The molecule has 0 unspecified atom stereocenters. The number of aromatic nitrogens is 1. The monoisotopic (exact) mass is 226 g/mol. The van der Waals surface area contributed by atoms with Crippen LogP contribution in [0.25, 0.3) is 11.3 Å². The summed E-state index contributed by atoms with van der Waals surface area (Å²) >= 11 is 0. The minimum Gasteiger partial charge on any atom is -0.496 e. The summed E-state index contributed by atoms with van der Waals surface area (Å²) in [5.74, 6) is -1.62. The predicted octanol–water partition coefficient (Wildman–Crippen LogP) is 2.21. The number of hydrogen-bond donors (Lipinski definition) is 1. The standard InChI is InChI=1S/C10H8F2N2O2/c1-15-8-3-7(12)6(11)2-5(8)9-4-14-10(13)16-9/h2-4H,1H3,(H2,13,14). The fraction of sp³-hybridized carbons (Fsp3) is 0.100. The molecule has 6 heteroatoms. The summed E-state index contributed by atoms with van der Waals surface area (Å²) in [7, 11) is 1.34. The van der Waals surface area contributed by atoms with Gasteiger partial charge in [-0.25, -0.2) is 13.8 Å². The van der Waals surface area contributed by atoms with Gasteiger partial charge in [-0.15, -0.1) is 0 Å². The maximum absolute atomic E-state index is 13.1. The first-order valence-electron chi connectivity index (χ1n) is 4.36. The van der Waals surface area contributed by atoms with E-state index in [1.807, 2.05) is 0 Å². The molecule has 0 bridgehead atoms. The summed E-state index contributed by atoms with van der Waals surface area (Å²) in [6, 6.07) is 1.85. The van der Waals surface area contributed by atoms with Crippen molar-refractivity contribution in [2.24, 2.45) is 0 Å². The summed E-state index contributed by atoms with van der Waals surface area (Å²) in [6.45, 7) is 0. The van der Waals surface area contributed by atoms with Gasteiger partial charge in [0.2, 0.25) is 0 Å². The Morgan fingerprint density at radius 1 is 1.31 bits per heavy atom. The Morgan fingerprint density at radius 2 is 2.00 bits per heavy atom. The van der Waals surface area contributed by atoms with Crippen LogP contribution < -0.4 is 10.5 Å². The van der Waals surface area contributed by atoms with E-state index >= 15 is 0 Å². The van der Waals surface area contributed by atoms with Crippen LogP contribution >= 0.6 is 0 Å². The van der Waals surface area contributed by atoms with Gasteiger partial charge in [0.15, 0.2) is 17.4 Å². The summed E-state index contributed by atoms with van der Waals surface area (Å²) in [4.78, 5) is 3.66. The molecule has 1 aromatic heterocycles. The van der Waals surface area contributed by atoms with Crippen LogP contribution in [0, 0.1) is 11.6 Å². The molecular formula is C10H8F2N2O2. The van der Waals surface area contributed by atoms with E-state index in [1.165, 1.54) is 13.3 Å². The van der Waals surface area contributed by atoms with E-state index in [-0.39, 0.29) is 23.1 Å². The van der Waals surface area contributed by atoms with Gasteiger partial charge in [0, 0.05) is 6.07 Å². The van der Waals surface area contributed by atoms with E-state index in [0.717, 1.165) is 12.1 Å². The number of anilines is 1. The number of ether oxygens (including phenoxy) is 1. The van der Waals surface area contributed by atoms with Gasteiger partial charge in [0.1, 0.15) is 5.75 Å². The molecule has 16 heavy (non-hydrogen) atoms. The number of benzene rings is 1. The highest BCUT2D eigenvalue weighted by Gasteiger charge is 2.15. The van der Waals surface area contributed by atoms with Gasteiger partial charge in [-0.3, -0.25) is 0 Å². The van der Waals surface area contributed by atoms with Crippen LogP contribution in [0.3, 0.4) is 0 Å². The van der Waals surface area contributed by atoms with Crippen molar-refractivity contribution in [2.45, 2.75) is 0 Å². The van der Waals surface area contributed by atoms with Crippen LogP contribution in [0.15, 0.2) is 22.7 Å². The van der Waals surface area contributed by atoms with Gasteiger partial charge >= 0.3 is 0 Å². The fourth-order valence-electron chi connectivity index (χ4n) is 1.30. The number of nitrogens with zero attached hydrogens (tertiary/aromatic N) is 1. The number of halogens is 2. The van der Waals surface area contributed by atoms with Crippen molar-refractivity contribution >= 4 is 6.01 Å². The summed E-state index contributed by atoms with van der Waals surface area (Å²) in [5.41, 5.74) is 5.54. The Kier molecular flexibility index (Phi) is 2.47. The fourth-order valence-corrected chi connectivity index (χ4v) is 1.30. The first-order chi connectivity index (χ1) is 7.61. The van der Waals surface area contributed by atoms with Crippen LogP contribution in [0.4, 0.5) is 14.8 Å². The smallest absolute Gasteiger partial charge is 0.292 e. The molecule has 0 spiro atoms. The zero-order chi connectivity index (χ0) is 11.7. The summed E-state index contributed by atoms with van der Waals surface area (Å²) in [6.07, 6.45) is 1.31. The highest BCUT2D eigenvalue weighted by atomic mass is 19.2. The highest BCUT2D eigenvalue weighted by Crippen LogP contribution is 2.32. The minimum absolute atomic E-state index is 0.0539. The molecule has 0 fully saturated rings. The minimum atomic E-state index is -0.995. The van der Waals surface area contributed by atoms with Crippen molar-refractivity contribution in [2.75, 3.05) is 12.8 Å². The van der Waals surface area contributed by atoms with E-state index in [1.54, 1.807) is 0 Å². The van der Waals surface area contributed by atoms with Crippen molar-refractivity contribution in [1.29, 1.82) is 0 Å². The molecule has 0 aliphatic heterocycles. The molecule has 2 rings (SSSR count). The van der Waals surface area contributed by atoms with Gasteiger partial charge in [0.05, 0.1) is 18.9 Å². The van der Waals surface area contributed by atoms with Crippen molar-refractivity contribution in [3.05, 3.63) is 30.0 Å². The Bertz CT molecular complexity index is 526. The van der Waals surface area contributed by atoms with Gasteiger partial charge in [-0.2, -0.15) is 0 Å². The Labute approximate surface area is 89.7 Å². The molecule has 0 saturated heterocycles. The highest BCUT2D eigenvalue weighted by molar-refractivity contribution is 5.65. The van der Waals surface area contributed by atoms with E-state index in [2.05, 4.69) is 4.98 Å². The second-order valence-corrected chi connectivity index (χ2v) is 3.03. The predicted molar refractivity (Wildman–Crippen MR) is 52.8 cm³/mol. The molecule has 0 aliphatic rings. The number of nitrogen functional groups attached to an aromatic ring is 1. The van der Waals surface area contributed by atoms with E-state index in [4.69, 9.17) is 14.9 Å². The van der Waals surface area contributed by atoms with Crippen LogP contribution in [-0.4, -0.2) is 12.1 Å². The molecule has 0 amide bonds. The normalized spacial score (nSPS) is 10.4. The number of rotatable bonds is 2. The van der Waals surface area contributed by atoms with E-state index in [9.17, 15) is 8.78 Å². The van der Waals surface area contributed by atoms with Gasteiger partial charge in [-0.05, 0) is 6.07 Å². The van der Waals surface area contributed by atoms with Crippen molar-refractivity contribution in [3.8, 4) is 17.1 Å². The van der Waals surface area contributed by atoms with Gasteiger partial charge < -0.3 is 14.9 Å². The lowest BCUT2D eigenvalue weighted by atomic mass is 10.1. The molecular weight excluding hydrogens is 218 g/mol. The maximum Gasteiger partial charge on any atom is 0.292 e. The first-order valence-corrected chi connectivity index (χ1v) is 4.36. The molecule has 0 radical (unpaired) electrons. The Hall–Kier alpha value is -2.11. The van der Waals surface area contributed by atoms with Crippen LogP contribution in [0.1, 0.15) is 0 Å². The topological polar surface area (TPSA) is 61.3 Å². The van der Waals surface area contributed by atoms with Gasteiger partial charge in [0.25, 0.3) is 6.01 Å². The molecule has 0 atom stereocenters. The van der Waals surface area contributed by atoms with Crippen molar-refractivity contribution in [1.82, 2.24) is 4.98 Å². The zero-order valence-electron chi connectivity index (χ0n) is 8.33. The summed E-state index contributed by atoms with van der Waals surface area (Å²) < 4.78 is 35.9. The molecule has 0 saturated carbocycles. The SMILES string of the molecule is COc1cc(F)c(F)cc1-c1cnc(N)o1. The maximum atomic E-state index is 13.1. The lowest BCUT2D eigenvalue weighted by molar-refractivity contribution is 0.406. The molecule has 0 aliphatic carbocycles. The first kappa shape index (κ1) is 10.4. The zero-order valence-corrected chi connectivity index (χ0v) is 8.33. The van der Waals surface area contributed by atoms with Crippen LogP contribution in [0.2, 0.25) is 0 Å². The molecule has 4 nitrogen and oxygen atoms in total. The number of nitrogens with two attached hydrogens (primary N) is 1. The molecule has 2 N–H and O–H groups in total. The number of hydrogen-bond acceptors (Lipinski definition) is 4. The van der Waals surface area contributed by atoms with Gasteiger partial charge in [-0.1, -0.05) is 0 Å². The van der Waals surface area contributed by atoms with Crippen molar-refractivity contribution in [3.63, 3.8) is 0 Å². The third kappa shape index (κ3) is 1.69. The molecule has 1 aromatic carbocycles. The van der Waals surface area contributed by atoms with Crippen LogP contribution in [0.5, 0.6) is 5.75 Å². The van der Waals surface area contributed by atoms with E-state index < -0.39 is 11.6 Å². The third-order valence-corrected chi connectivity index (χ3v) is 2.03. The lowest BCUT2D eigenvalue weighted by Crippen LogP contribution is -1.92. The number of oxazole rings is 1. The summed E-state index contributed by atoms with van der Waals surface area (Å²) in [5, 5.41) is 0. The Balaban J connectivity index is 2.59. The number of methoxy groups -OCH3 is 1. The van der Waals surface area contributed by atoms with Crippen LogP contribution in [-0.2, 0) is 0 Å². The lowest BCUT2D eigenvalue weighted by Gasteiger charge is -2.06. The molecule has 2 aromatic rings. The molecule has 84 valence electrons. The van der Waals surface area contributed by atoms with Crippen molar-refractivity contribution < 1.29 is 17.9 Å². The Morgan fingerprint density at radius 3 is 2.56 bits per heavy atom. The molecule has 1 heterocycles. The second-order valence-electron chi connectivity index (χ2n) is 3.03. The average molecular weight is 226 g/mol. The second kappa shape index (κ2) is 3.80. The van der Waals surface area contributed by atoms with E-state index in [0.29, 0.717) is 0 Å². The third-order valence-electron chi connectivity index (χ3n) is 2.03.